The molecule has 0 aliphatic carbocycles. The molecule has 0 unspecified atom stereocenters. The molecule has 3 aromatic carbocycles. The summed E-state index contributed by atoms with van der Waals surface area (Å²) in [5.74, 6) is -0.715. The number of anilines is 1. The zero-order chi connectivity index (χ0) is 22.0. The van der Waals surface area contributed by atoms with Gasteiger partial charge in [0.25, 0.3) is 17.4 Å². The summed E-state index contributed by atoms with van der Waals surface area (Å²) in [7, 11) is 1.55. The summed E-state index contributed by atoms with van der Waals surface area (Å²) in [4.78, 5) is 38.3. The van der Waals surface area contributed by atoms with Crippen LogP contribution in [-0.2, 0) is 0 Å². The number of para-hydroxylation sites is 1. The minimum absolute atomic E-state index is 0.115. The van der Waals surface area contributed by atoms with E-state index in [0.29, 0.717) is 33.3 Å². The van der Waals surface area contributed by atoms with Crippen molar-refractivity contribution in [2.24, 2.45) is 0 Å². The predicted octanol–water partition coefficient (Wildman–Crippen LogP) is 3.31. The van der Waals surface area contributed by atoms with E-state index in [2.05, 4.69) is 15.7 Å². The number of nitrogens with one attached hydrogen (secondary N) is 2. The van der Waals surface area contributed by atoms with E-state index in [1.165, 1.54) is 4.68 Å². The van der Waals surface area contributed by atoms with Crippen LogP contribution in [0.5, 0.6) is 0 Å². The van der Waals surface area contributed by atoms with Gasteiger partial charge in [-0.05, 0) is 42.8 Å². The molecule has 0 bridgehead atoms. The molecule has 0 saturated heterocycles. The zero-order valence-electron chi connectivity index (χ0n) is 17.0. The molecule has 31 heavy (non-hydrogen) atoms. The standard InChI is InChI=1S/C24H20N4O3/c1-15-17(22(29)25-2)13-8-14-20(15)26-23(30)21-18-11-6-7-12-19(18)24(31)28(27-21)16-9-4-3-5-10-16/h3-14H,1-2H3,(H,25,29)(H,26,30). The highest BCUT2D eigenvalue weighted by Gasteiger charge is 2.19. The Balaban J connectivity index is 1.83. The lowest BCUT2D eigenvalue weighted by Gasteiger charge is -2.14. The number of carbonyl (C=O) groups excluding carboxylic acids is 2. The van der Waals surface area contributed by atoms with E-state index in [1.807, 2.05) is 6.07 Å². The van der Waals surface area contributed by atoms with Gasteiger partial charge in [-0.1, -0.05) is 42.5 Å². The van der Waals surface area contributed by atoms with Crippen molar-refractivity contribution >= 4 is 28.3 Å². The molecule has 1 heterocycles. The first-order valence-electron chi connectivity index (χ1n) is 9.72. The fraction of sp³-hybridized carbons (Fsp3) is 0.0833. The second-order valence-corrected chi connectivity index (χ2v) is 6.96. The first kappa shape index (κ1) is 20.0. The molecule has 0 saturated carbocycles. The van der Waals surface area contributed by atoms with E-state index < -0.39 is 5.91 Å². The Morgan fingerprint density at radius 2 is 1.52 bits per heavy atom. The van der Waals surface area contributed by atoms with Crippen molar-refractivity contribution in [3.05, 3.63) is 100.0 Å². The Kier molecular flexibility index (Phi) is 5.32. The van der Waals surface area contributed by atoms with E-state index in [0.717, 1.165) is 0 Å². The molecule has 7 nitrogen and oxygen atoms in total. The Morgan fingerprint density at radius 1 is 0.839 bits per heavy atom. The van der Waals surface area contributed by atoms with Gasteiger partial charge in [0.1, 0.15) is 0 Å². The first-order chi connectivity index (χ1) is 15.0. The van der Waals surface area contributed by atoms with Crippen molar-refractivity contribution in [2.45, 2.75) is 6.92 Å². The van der Waals surface area contributed by atoms with Gasteiger partial charge in [-0.15, -0.1) is 0 Å². The number of amides is 2. The number of rotatable bonds is 4. The lowest BCUT2D eigenvalue weighted by atomic mass is 10.1. The first-order valence-corrected chi connectivity index (χ1v) is 9.72. The van der Waals surface area contributed by atoms with Gasteiger partial charge in [0, 0.05) is 23.7 Å². The van der Waals surface area contributed by atoms with E-state index in [1.54, 1.807) is 80.7 Å². The third-order valence-corrected chi connectivity index (χ3v) is 5.07. The number of nitrogens with zero attached hydrogens (tertiary/aromatic N) is 2. The second-order valence-electron chi connectivity index (χ2n) is 6.96. The van der Waals surface area contributed by atoms with E-state index in [4.69, 9.17) is 0 Å². The maximum Gasteiger partial charge on any atom is 0.279 e. The maximum absolute atomic E-state index is 13.2. The second kappa shape index (κ2) is 8.23. The van der Waals surface area contributed by atoms with Gasteiger partial charge in [-0.2, -0.15) is 9.78 Å². The average molecular weight is 412 g/mol. The van der Waals surface area contributed by atoms with Gasteiger partial charge in [0.15, 0.2) is 5.69 Å². The summed E-state index contributed by atoms with van der Waals surface area (Å²) in [6.45, 7) is 1.76. The van der Waals surface area contributed by atoms with Crippen LogP contribution >= 0.6 is 0 Å². The number of hydrogen-bond acceptors (Lipinski definition) is 4. The number of benzene rings is 3. The Labute approximate surface area is 178 Å². The number of carbonyl (C=O) groups is 2. The smallest absolute Gasteiger partial charge is 0.279 e. The van der Waals surface area contributed by atoms with Crippen LogP contribution in [0, 0.1) is 6.92 Å². The molecule has 0 fully saturated rings. The lowest BCUT2D eigenvalue weighted by Crippen LogP contribution is -2.27. The molecule has 2 N–H and O–H groups in total. The number of fused-ring (bicyclic) bond motifs is 1. The van der Waals surface area contributed by atoms with Crippen molar-refractivity contribution in [3.63, 3.8) is 0 Å². The van der Waals surface area contributed by atoms with Crippen LogP contribution in [0.2, 0.25) is 0 Å². The topological polar surface area (TPSA) is 93.1 Å². The molecule has 0 atom stereocenters. The van der Waals surface area contributed by atoms with Gasteiger partial charge in [-0.25, -0.2) is 0 Å². The molecule has 0 radical (unpaired) electrons. The van der Waals surface area contributed by atoms with Crippen LogP contribution in [0.4, 0.5) is 5.69 Å². The van der Waals surface area contributed by atoms with Crippen LogP contribution in [0.3, 0.4) is 0 Å². The molecule has 0 aliphatic heterocycles. The summed E-state index contributed by atoms with van der Waals surface area (Å²) >= 11 is 0. The van der Waals surface area contributed by atoms with Crippen molar-refractivity contribution in [1.82, 2.24) is 15.1 Å². The van der Waals surface area contributed by atoms with Crippen molar-refractivity contribution in [2.75, 3.05) is 12.4 Å². The molecule has 4 aromatic rings. The fourth-order valence-electron chi connectivity index (χ4n) is 3.43. The monoisotopic (exact) mass is 412 g/mol. The maximum atomic E-state index is 13.2. The molecule has 0 spiro atoms. The van der Waals surface area contributed by atoms with Gasteiger partial charge in [0.2, 0.25) is 0 Å². The molecular weight excluding hydrogens is 392 g/mol. The normalized spacial score (nSPS) is 10.6. The highest BCUT2D eigenvalue weighted by atomic mass is 16.2. The van der Waals surface area contributed by atoms with Crippen molar-refractivity contribution in [3.8, 4) is 5.69 Å². The summed E-state index contributed by atoms with van der Waals surface area (Å²) in [5.41, 5.74) is 1.96. The SMILES string of the molecule is CNC(=O)c1cccc(NC(=O)c2nn(-c3ccccc3)c(=O)c3ccccc23)c1C. The summed E-state index contributed by atoms with van der Waals surface area (Å²) < 4.78 is 1.23. The van der Waals surface area contributed by atoms with E-state index in [9.17, 15) is 14.4 Å². The van der Waals surface area contributed by atoms with Gasteiger partial charge in [0.05, 0.1) is 11.1 Å². The molecular formula is C24H20N4O3. The van der Waals surface area contributed by atoms with Crippen LogP contribution in [-0.4, -0.2) is 28.6 Å². The van der Waals surface area contributed by atoms with E-state index >= 15 is 0 Å². The predicted molar refractivity (Wildman–Crippen MR) is 120 cm³/mol. The van der Waals surface area contributed by atoms with Crippen LogP contribution in [0.15, 0.2) is 77.6 Å². The molecule has 154 valence electrons. The van der Waals surface area contributed by atoms with Crippen LogP contribution in [0.1, 0.15) is 26.4 Å². The van der Waals surface area contributed by atoms with Crippen molar-refractivity contribution in [1.29, 1.82) is 0 Å². The minimum atomic E-state index is -0.474. The lowest BCUT2D eigenvalue weighted by molar-refractivity contribution is 0.0960. The summed E-state index contributed by atoms with van der Waals surface area (Å²) in [6.07, 6.45) is 0. The Hall–Kier alpha value is -4.26. The fourth-order valence-corrected chi connectivity index (χ4v) is 3.43. The quantitative estimate of drug-likeness (QED) is 0.538. The molecule has 4 rings (SSSR count). The van der Waals surface area contributed by atoms with Gasteiger partial charge < -0.3 is 10.6 Å². The highest BCUT2D eigenvalue weighted by Crippen LogP contribution is 2.21. The highest BCUT2D eigenvalue weighted by molar-refractivity contribution is 6.11. The van der Waals surface area contributed by atoms with Crippen LogP contribution in [0.25, 0.3) is 16.5 Å². The molecule has 1 aromatic heterocycles. The van der Waals surface area contributed by atoms with Gasteiger partial charge in [-0.3, -0.25) is 14.4 Å². The number of hydrogen-bond donors (Lipinski definition) is 2. The molecule has 7 heteroatoms. The third-order valence-electron chi connectivity index (χ3n) is 5.07. The Morgan fingerprint density at radius 3 is 2.23 bits per heavy atom. The average Bonchev–Trinajstić information content (AvgIpc) is 2.81. The zero-order valence-corrected chi connectivity index (χ0v) is 17.0. The molecule has 0 aliphatic rings. The van der Waals surface area contributed by atoms with E-state index in [-0.39, 0.29) is 17.2 Å². The van der Waals surface area contributed by atoms with Gasteiger partial charge >= 0.3 is 0 Å². The Bertz CT molecular complexity index is 1360. The molecule has 2 amide bonds. The summed E-state index contributed by atoms with van der Waals surface area (Å²) in [6, 6.07) is 20.9. The number of aromatic nitrogens is 2. The van der Waals surface area contributed by atoms with Crippen LogP contribution < -0.4 is 16.2 Å². The largest absolute Gasteiger partial charge is 0.355 e. The minimum Gasteiger partial charge on any atom is -0.355 e. The third kappa shape index (κ3) is 3.69. The van der Waals surface area contributed by atoms with Crippen molar-refractivity contribution < 1.29 is 9.59 Å². The summed E-state index contributed by atoms with van der Waals surface area (Å²) in [5, 5.41) is 10.7.